The van der Waals surface area contributed by atoms with Gasteiger partial charge in [0.25, 0.3) is 0 Å². The number of hydrogen-bond donors (Lipinski definition) is 0. The summed E-state index contributed by atoms with van der Waals surface area (Å²) < 4.78 is 0. The molecule has 0 spiro atoms. The van der Waals surface area contributed by atoms with E-state index >= 15 is 0 Å². The quantitative estimate of drug-likeness (QED) is 0.304. The van der Waals surface area contributed by atoms with Crippen LogP contribution in [-0.2, 0) is 10.8 Å². The van der Waals surface area contributed by atoms with Crippen molar-refractivity contribution in [2.45, 2.75) is 57.8 Å². The minimum absolute atomic E-state index is 0.346. The van der Waals surface area contributed by atoms with Crippen LogP contribution in [0.4, 0.5) is 17.1 Å². The van der Waals surface area contributed by atoms with E-state index in [2.05, 4.69) is 124 Å². The molecule has 2 atom stereocenters. The van der Waals surface area contributed by atoms with Gasteiger partial charge >= 0.3 is 0 Å². The van der Waals surface area contributed by atoms with Gasteiger partial charge in [0.05, 0.1) is 0 Å². The van der Waals surface area contributed by atoms with Gasteiger partial charge in [0, 0.05) is 17.1 Å². The summed E-state index contributed by atoms with van der Waals surface area (Å²) in [5.41, 5.74) is 12.9. The average molecular weight is 444 g/mol. The van der Waals surface area contributed by atoms with Crippen LogP contribution in [0, 0.1) is 13.8 Å². The Morgan fingerprint density at radius 2 is 1.12 bits per heavy atom. The molecule has 6 rings (SSSR count). The molecule has 1 heteroatoms. The molecule has 2 aliphatic carbocycles. The van der Waals surface area contributed by atoms with Crippen LogP contribution in [0.1, 0.15) is 55.4 Å². The van der Waals surface area contributed by atoms with Crippen LogP contribution in [0.15, 0.2) is 91.0 Å². The minimum atomic E-state index is 0.346. The fourth-order valence-electron chi connectivity index (χ4n) is 6.90. The molecule has 1 fully saturated rings. The lowest BCUT2D eigenvalue weighted by Crippen LogP contribution is -2.18. The normalized spacial score (nSPS) is 22.6. The molecule has 0 saturated heterocycles. The maximum atomic E-state index is 2.51. The van der Waals surface area contributed by atoms with Crippen molar-refractivity contribution < 1.29 is 0 Å². The van der Waals surface area contributed by atoms with Gasteiger partial charge in [-0.15, -0.1) is 0 Å². The standard InChI is InChI=1S/C33H33N/c1-23-19-28(34(26-11-7-5-8-12-26)27-13-9-6-10-14-27)20-24(2)31(23)25-15-16-29-30(21-25)33(4)18-17-32(29,3)22-33/h5-16,19-21H,17-18,22H2,1-4H3. The van der Waals surface area contributed by atoms with Gasteiger partial charge in [-0.05, 0) is 114 Å². The van der Waals surface area contributed by atoms with Crippen LogP contribution in [0.25, 0.3) is 11.1 Å². The Morgan fingerprint density at radius 3 is 1.68 bits per heavy atom. The summed E-state index contributed by atoms with van der Waals surface area (Å²) in [5.74, 6) is 0. The van der Waals surface area contributed by atoms with E-state index in [-0.39, 0.29) is 0 Å². The summed E-state index contributed by atoms with van der Waals surface area (Å²) >= 11 is 0. The molecule has 2 bridgehead atoms. The molecular formula is C33H33N. The van der Waals surface area contributed by atoms with Crippen LogP contribution >= 0.6 is 0 Å². The molecule has 0 heterocycles. The van der Waals surface area contributed by atoms with Crippen molar-refractivity contribution in [1.82, 2.24) is 0 Å². The van der Waals surface area contributed by atoms with E-state index in [0.717, 1.165) is 0 Å². The fraction of sp³-hybridized carbons (Fsp3) is 0.273. The smallest absolute Gasteiger partial charge is 0.0467 e. The molecule has 1 nitrogen and oxygen atoms in total. The first-order valence-electron chi connectivity index (χ1n) is 12.5. The number of fused-ring (bicyclic) bond motifs is 5. The van der Waals surface area contributed by atoms with Gasteiger partial charge in [0.15, 0.2) is 0 Å². The number of para-hydroxylation sites is 2. The van der Waals surface area contributed by atoms with Crippen molar-refractivity contribution in [3.8, 4) is 11.1 Å². The number of aryl methyl sites for hydroxylation is 2. The number of nitrogens with zero attached hydrogens (tertiary/aromatic N) is 1. The predicted molar refractivity (Wildman–Crippen MR) is 145 cm³/mol. The second kappa shape index (κ2) is 7.60. The average Bonchev–Trinajstić information content (AvgIpc) is 3.27. The third-order valence-electron chi connectivity index (χ3n) is 8.42. The van der Waals surface area contributed by atoms with Gasteiger partial charge in [-0.3, -0.25) is 0 Å². The van der Waals surface area contributed by atoms with E-state index in [1.165, 1.54) is 58.6 Å². The molecular weight excluding hydrogens is 410 g/mol. The van der Waals surface area contributed by atoms with Crippen LogP contribution < -0.4 is 4.90 Å². The summed E-state index contributed by atoms with van der Waals surface area (Å²) in [4.78, 5) is 2.35. The van der Waals surface area contributed by atoms with Gasteiger partial charge in [0.1, 0.15) is 0 Å². The Labute approximate surface area is 204 Å². The highest BCUT2D eigenvalue weighted by atomic mass is 15.1. The van der Waals surface area contributed by atoms with Crippen LogP contribution in [0.3, 0.4) is 0 Å². The van der Waals surface area contributed by atoms with E-state index in [4.69, 9.17) is 0 Å². The van der Waals surface area contributed by atoms with Crippen molar-refractivity contribution in [2.24, 2.45) is 0 Å². The van der Waals surface area contributed by atoms with Gasteiger partial charge in [-0.2, -0.15) is 0 Å². The Hall–Kier alpha value is -3.32. The SMILES string of the molecule is Cc1cc(N(c2ccccc2)c2ccccc2)cc(C)c1-c1ccc2c(c1)C1(C)CCC2(C)C1. The number of hydrogen-bond acceptors (Lipinski definition) is 1. The molecule has 34 heavy (non-hydrogen) atoms. The Morgan fingerprint density at radius 1 is 0.588 bits per heavy atom. The van der Waals surface area contributed by atoms with E-state index in [1.54, 1.807) is 11.1 Å². The summed E-state index contributed by atoms with van der Waals surface area (Å²) in [6.45, 7) is 9.48. The number of rotatable bonds is 4. The lowest BCUT2D eigenvalue weighted by molar-refractivity contribution is 0.484. The summed E-state index contributed by atoms with van der Waals surface area (Å²) in [6.07, 6.45) is 3.95. The van der Waals surface area contributed by atoms with E-state index < -0.39 is 0 Å². The van der Waals surface area contributed by atoms with Crippen molar-refractivity contribution >= 4 is 17.1 Å². The van der Waals surface area contributed by atoms with Gasteiger partial charge in [-0.25, -0.2) is 0 Å². The maximum absolute atomic E-state index is 2.51. The summed E-state index contributed by atoms with van der Waals surface area (Å²) in [5, 5.41) is 0. The molecule has 0 radical (unpaired) electrons. The molecule has 4 aromatic carbocycles. The van der Waals surface area contributed by atoms with E-state index in [1.807, 2.05) is 0 Å². The lowest BCUT2D eigenvalue weighted by Gasteiger charge is -2.29. The molecule has 4 aromatic rings. The zero-order chi connectivity index (χ0) is 23.5. The van der Waals surface area contributed by atoms with Crippen LogP contribution in [0.2, 0.25) is 0 Å². The van der Waals surface area contributed by atoms with Gasteiger partial charge in [-0.1, -0.05) is 68.4 Å². The van der Waals surface area contributed by atoms with Gasteiger partial charge in [0.2, 0.25) is 0 Å². The Kier molecular flexibility index (Phi) is 4.74. The molecule has 0 aliphatic heterocycles. The van der Waals surface area contributed by atoms with Crippen LogP contribution in [0.5, 0.6) is 0 Å². The first kappa shape index (κ1) is 21.2. The van der Waals surface area contributed by atoms with Crippen molar-refractivity contribution in [3.63, 3.8) is 0 Å². The first-order valence-corrected chi connectivity index (χ1v) is 12.5. The van der Waals surface area contributed by atoms with Gasteiger partial charge < -0.3 is 4.90 Å². The lowest BCUT2D eigenvalue weighted by atomic mass is 9.77. The minimum Gasteiger partial charge on any atom is -0.310 e. The third-order valence-corrected chi connectivity index (χ3v) is 8.42. The first-order chi connectivity index (χ1) is 16.4. The summed E-state index contributed by atoms with van der Waals surface area (Å²) in [6, 6.07) is 33.3. The molecule has 0 N–H and O–H groups in total. The highest BCUT2D eigenvalue weighted by Crippen LogP contribution is 2.60. The Bertz CT molecular complexity index is 1310. The Balaban J connectivity index is 1.46. The highest BCUT2D eigenvalue weighted by molar-refractivity contribution is 5.82. The van der Waals surface area contributed by atoms with E-state index in [9.17, 15) is 0 Å². The summed E-state index contributed by atoms with van der Waals surface area (Å²) in [7, 11) is 0. The second-order valence-corrected chi connectivity index (χ2v) is 11.0. The zero-order valence-electron chi connectivity index (χ0n) is 20.7. The number of anilines is 3. The molecule has 170 valence electrons. The van der Waals surface area contributed by atoms with Crippen molar-refractivity contribution in [1.29, 1.82) is 0 Å². The zero-order valence-corrected chi connectivity index (χ0v) is 20.7. The molecule has 2 aliphatic rings. The molecule has 0 aromatic heterocycles. The monoisotopic (exact) mass is 443 g/mol. The van der Waals surface area contributed by atoms with E-state index in [0.29, 0.717) is 10.8 Å². The topological polar surface area (TPSA) is 3.24 Å². The fourth-order valence-corrected chi connectivity index (χ4v) is 6.90. The second-order valence-electron chi connectivity index (χ2n) is 11.0. The third kappa shape index (κ3) is 3.21. The maximum Gasteiger partial charge on any atom is 0.0467 e. The van der Waals surface area contributed by atoms with Crippen molar-refractivity contribution in [3.05, 3.63) is 113 Å². The largest absolute Gasteiger partial charge is 0.310 e. The molecule has 2 unspecified atom stereocenters. The predicted octanol–water partition coefficient (Wildman–Crippen LogP) is 9.15. The molecule has 0 amide bonds. The number of benzene rings is 4. The molecule has 1 saturated carbocycles. The highest BCUT2D eigenvalue weighted by Gasteiger charge is 2.52. The van der Waals surface area contributed by atoms with Crippen LogP contribution in [-0.4, -0.2) is 0 Å². The van der Waals surface area contributed by atoms with Crippen molar-refractivity contribution in [2.75, 3.05) is 4.90 Å².